The molecule has 0 aliphatic carbocycles. The molecular weight excluding hydrogens is 367 g/mol. The number of benzene rings is 1. The van der Waals surface area contributed by atoms with Crippen LogP contribution in [0.4, 0.5) is 4.79 Å². The normalized spacial score (nSPS) is 17.6. The van der Waals surface area contributed by atoms with Crippen LogP contribution in [0.5, 0.6) is 0 Å². The van der Waals surface area contributed by atoms with Gasteiger partial charge in [-0.2, -0.15) is 0 Å². The number of hydrogen-bond acceptors (Lipinski definition) is 4. The summed E-state index contributed by atoms with van der Waals surface area (Å²) in [5, 5.41) is 3.64. The molecule has 1 aliphatic rings. The first-order valence-corrected chi connectivity index (χ1v) is 8.56. The SMILES string of the molecule is CCOC(=O)C1=C(C)N(CCOC)C(=O)NC1c1ccc(Cl)cc1Cl. The Morgan fingerprint density at radius 3 is 2.68 bits per heavy atom. The van der Waals surface area contributed by atoms with E-state index in [1.54, 1.807) is 39.2 Å². The van der Waals surface area contributed by atoms with Gasteiger partial charge in [-0.3, -0.25) is 4.90 Å². The Labute approximate surface area is 156 Å². The Morgan fingerprint density at radius 1 is 1.36 bits per heavy atom. The van der Waals surface area contributed by atoms with E-state index < -0.39 is 12.0 Å². The number of nitrogens with zero attached hydrogens (tertiary/aromatic N) is 1. The van der Waals surface area contributed by atoms with Crippen LogP contribution in [0.15, 0.2) is 29.5 Å². The molecule has 25 heavy (non-hydrogen) atoms. The van der Waals surface area contributed by atoms with Crippen LogP contribution in [0.1, 0.15) is 25.5 Å². The van der Waals surface area contributed by atoms with Crippen molar-refractivity contribution in [2.45, 2.75) is 19.9 Å². The van der Waals surface area contributed by atoms with E-state index in [0.29, 0.717) is 40.0 Å². The topological polar surface area (TPSA) is 67.9 Å². The van der Waals surface area contributed by atoms with Crippen LogP contribution in [0.25, 0.3) is 0 Å². The predicted octanol–water partition coefficient (Wildman–Crippen LogP) is 3.54. The van der Waals surface area contributed by atoms with Crippen molar-refractivity contribution >= 4 is 35.2 Å². The summed E-state index contributed by atoms with van der Waals surface area (Å²) in [5.74, 6) is -0.501. The lowest BCUT2D eigenvalue weighted by atomic mass is 9.95. The molecule has 1 unspecified atom stereocenters. The molecule has 0 saturated carbocycles. The van der Waals surface area contributed by atoms with E-state index in [-0.39, 0.29) is 12.6 Å². The van der Waals surface area contributed by atoms with E-state index in [9.17, 15) is 9.59 Å². The molecular formula is C17H20Cl2N2O4. The van der Waals surface area contributed by atoms with E-state index in [4.69, 9.17) is 32.7 Å². The number of amides is 2. The van der Waals surface area contributed by atoms with Crippen molar-refractivity contribution in [3.63, 3.8) is 0 Å². The number of nitrogens with one attached hydrogen (secondary N) is 1. The number of allylic oxidation sites excluding steroid dienone is 1. The van der Waals surface area contributed by atoms with Gasteiger partial charge < -0.3 is 14.8 Å². The molecule has 8 heteroatoms. The quantitative estimate of drug-likeness (QED) is 0.759. The van der Waals surface area contributed by atoms with E-state index in [1.165, 1.54) is 4.90 Å². The van der Waals surface area contributed by atoms with Gasteiger partial charge in [0.25, 0.3) is 0 Å². The van der Waals surface area contributed by atoms with Gasteiger partial charge in [-0.05, 0) is 31.5 Å². The standard InChI is InChI=1S/C17H20Cl2N2O4/c1-4-25-16(22)14-10(2)21(7-8-24-3)17(23)20-15(14)12-6-5-11(18)9-13(12)19/h5-6,9,15H,4,7-8H2,1-3H3,(H,20,23). The Kier molecular flexibility index (Phi) is 6.70. The second kappa shape index (κ2) is 8.56. The van der Waals surface area contributed by atoms with Crippen LogP contribution in [0.2, 0.25) is 10.0 Å². The highest BCUT2D eigenvalue weighted by molar-refractivity contribution is 6.35. The molecule has 1 aromatic rings. The van der Waals surface area contributed by atoms with Crippen molar-refractivity contribution in [1.82, 2.24) is 10.2 Å². The van der Waals surface area contributed by atoms with E-state index >= 15 is 0 Å². The summed E-state index contributed by atoms with van der Waals surface area (Å²) in [6.07, 6.45) is 0. The molecule has 1 atom stereocenters. The first-order valence-electron chi connectivity index (χ1n) is 7.80. The van der Waals surface area contributed by atoms with Crippen LogP contribution in [0, 0.1) is 0 Å². The van der Waals surface area contributed by atoms with Gasteiger partial charge in [-0.15, -0.1) is 0 Å². The fraction of sp³-hybridized carbons (Fsp3) is 0.412. The summed E-state index contributed by atoms with van der Waals surface area (Å²) in [4.78, 5) is 26.5. The van der Waals surface area contributed by atoms with Crippen LogP contribution >= 0.6 is 23.2 Å². The Hall–Kier alpha value is -1.76. The minimum absolute atomic E-state index is 0.225. The third-order valence-corrected chi connectivity index (χ3v) is 4.45. The Morgan fingerprint density at radius 2 is 2.08 bits per heavy atom. The molecule has 0 radical (unpaired) electrons. The highest BCUT2D eigenvalue weighted by atomic mass is 35.5. The van der Waals surface area contributed by atoms with Crippen LogP contribution in [-0.4, -0.2) is 43.8 Å². The number of halogens is 2. The van der Waals surface area contributed by atoms with Crippen LogP contribution in [-0.2, 0) is 14.3 Å². The number of ether oxygens (including phenoxy) is 2. The molecule has 0 spiro atoms. The third-order valence-electron chi connectivity index (χ3n) is 3.88. The average Bonchev–Trinajstić information content (AvgIpc) is 2.54. The third kappa shape index (κ3) is 4.26. The summed E-state index contributed by atoms with van der Waals surface area (Å²) in [5.41, 5.74) is 1.42. The number of esters is 1. The fourth-order valence-electron chi connectivity index (χ4n) is 2.68. The number of hydrogen-bond donors (Lipinski definition) is 1. The second-order valence-electron chi connectivity index (χ2n) is 5.41. The number of urea groups is 1. The molecule has 2 rings (SSSR count). The highest BCUT2D eigenvalue weighted by Crippen LogP contribution is 2.35. The van der Waals surface area contributed by atoms with E-state index in [0.717, 1.165) is 0 Å². The van der Waals surface area contributed by atoms with Crippen molar-refractivity contribution < 1.29 is 19.1 Å². The zero-order valence-corrected chi connectivity index (χ0v) is 15.8. The van der Waals surface area contributed by atoms with Gasteiger partial charge in [-0.25, -0.2) is 9.59 Å². The van der Waals surface area contributed by atoms with Crippen LogP contribution < -0.4 is 5.32 Å². The zero-order valence-electron chi connectivity index (χ0n) is 14.3. The monoisotopic (exact) mass is 386 g/mol. The summed E-state index contributed by atoms with van der Waals surface area (Å²) < 4.78 is 10.2. The molecule has 1 heterocycles. The summed E-state index contributed by atoms with van der Waals surface area (Å²) in [6.45, 7) is 4.31. The van der Waals surface area contributed by atoms with Crippen molar-refractivity contribution in [1.29, 1.82) is 0 Å². The minimum atomic E-state index is -0.713. The Balaban J connectivity index is 2.52. The maximum atomic E-state index is 12.5. The lowest BCUT2D eigenvalue weighted by molar-refractivity contribution is -0.139. The Bertz CT molecular complexity index is 706. The number of carbonyl (C=O) groups excluding carboxylic acids is 2. The molecule has 1 aromatic carbocycles. The molecule has 1 N–H and O–H groups in total. The molecule has 6 nitrogen and oxygen atoms in total. The number of methoxy groups -OCH3 is 1. The molecule has 2 amide bonds. The summed E-state index contributed by atoms with van der Waals surface area (Å²) >= 11 is 12.2. The van der Waals surface area contributed by atoms with Gasteiger partial charge in [0.1, 0.15) is 0 Å². The average molecular weight is 387 g/mol. The van der Waals surface area contributed by atoms with E-state index in [1.807, 2.05) is 0 Å². The van der Waals surface area contributed by atoms with Crippen molar-refractivity contribution in [3.05, 3.63) is 45.1 Å². The highest BCUT2D eigenvalue weighted by Gasteiger charge is 2.37. The molecule has 136 valence electrons. The summed E-state index contributed by atoms with van der Waals surface area (Å²) in [7, 11) is 1.55. The van der Waals surface area contributed by atoms with Crippen molar-refractivity contribution in [2.75, 3.05) is 26.9 Å². The lowest BCUT2D eigenvalue weighted by Gasteiger charge is -2.35. The van der Waals surface area contributed by atoms with Crippen molar-refractivity contribution in [2.24, 2.45) is 0 Å². The van der Waals surface area contributed by atoms with Gasteiger partial charge in [0.05, 0.1) is 31.4 Å². The van der Waals surface area contributed by atoms with E-state index in [2.05, 4.69) is 5.32 Å². The molecule has 0 fully saturated rings. The molecule has 1 aliphatic heterocycles. The van der Waals surface area contributed by atoms with Crippen LogP contribution in [0.3, 0.4) is 0 Å². The second-order valence-corrected chi connectivity index (χ2v) is 6.26. The van der Waals surface area contributed by atoms with Crippen molar-refractivity contribution in [3.8, 4) is 0 Å². The summed E-state index contributed by atoms with van der Waals surface area (Å²) in [6, 6.07) is 3.87. The molecule has 0 aromatic heterocycles. The molecule has 0 saturated heterocycles. The maximum absolute atomic E-state index is 12.5. The van der Waals surface area contributed by atoms with Gasteiger partial charge in [0.15, 0.2) is 0 Å². The van der Waals surface area contributed by atoms with Gasteiger partial charge in [0.2, 0.25) is 0 Å². The smallest absolute Gasteiger partial charge is 0.338 e. The fourth-order valence-corrected chi connectivity index (χ4v) is 3.19. The van der Waals surface area contributed by atoms with Gasteiger partial charge >= 0.3 is 12.0 Å². The van der Waals surface area contributed by atoms with Gasteiger partial charge in [0, 0.05) is 22.9 Å². The molecule has 0 bridgehead atoms. The predicted molar refractivity (Wildman–Crippen MR) is 95.6 cm³/mol. The lowest BCUT2D eigenvalue weighted by Crippen LogP contribution is -2.49. The first-order chi connectivity index (χ1) is 11.9. The number of carbonyl (C=O) groups is 2. The first kappa shape index (κ1) is 19.6. The van der Waals surface area contributed by atoms with Gasteiger partial charge in [-0.1, -0.05) is 29.3 Å². The largest absolute Gasteiger partial charge is 0.463 e. The number of rotatable bonds is 6. The maximum Gasteiger partial charge on any atom is 0.338 e. The zero-order chi connectivity index (χ0) is 18.6. The minimum Gasteiger partial charge on any atom is -0.463 e.